The van der Waals surface area contributed by atoms with Crippen LogP contribution < -0.4 is 5.73 Å². The van der Waals surface area contributed by atoms with Crippen LogP contribution in [-0.2, 0) is 13.5 Å². The molecule has 0 aliphatic heterocycles. The molecule has 1 fully saturated rings. The monoisotopic (exact) mass is 194 g/mol. The van der Waals surface area contributed by atoms with Crippen LogP contribution in [0.4, 0.5) is 0 Å². The Balaban J connectivity index is 2.08. The summed E-state index contributed by atoms with van der Waals surface area (Å²) in [5, 5.41) is 4.42. The number of hydrogen-bond donors (Lipinski definition) is 1. The molecule has 1 atom stereocenters. The van der Waals surface area contributed by atoms with E-state index in [4.69, 9.17) is 5.73 Å². The lowest BCUT2D eigenvalue weighted by molar-refractivity contribution is 0.549. The van der Waals surface area contributed by atoms with E-state index in [0.29, 0.717) is 18.4 Å². The summed E-state index contributed by atoms with van der Waals surface area (Å²) in [5.74, 6) is 3.24. The predicted molar refractivity (Wildman–Crippen MR) is 54.9 cm³/mol. The summed E-state index contributed by atoms with van der Waals surface area (Å²) in [6.45, 7) is 2.86. The largest absolute Gasteiger partial charge is 0.330 e. The zero-order valence-electron chi connectivity index (χ0n) is 8.90. The van der Waals surface area contributed by atoms with Crippen molar-refractivity contribution < 1.29 is 0 Å². The van der Waals surface area contributed by atoms with Crippen molar-refractivity contribution in [1.82, 2.24) is 14.8 Å². The van der Waals surface area contributed by atoms with Crippen LogP contribution in [0.15, 0.2) is 0 Å². The van der Waals surface area contributed by atoms with Crippen molar-refractivity contribution in [3.8, 4) is 0 Å². The summed E-state index contributed by atoms with van der Waals surface area (Å²) < 4.78 is 1.90. The minimum absolute atomic E-state index is 0.491. The smallest absolute Gasteiger partial charge is 0.154 e. The molecular formula is C10H18N4. The SMILES string of the molecule is CC(CN)Cc1nc(C2CC2)nn1C. The van der Waals surface area contributed by atoms with Gasteiger partial charge in [0.25, 0.3) is 0 Å². The van der Waals surface area contributed by atoms with Gasteiger partial charge in [-0.25, -0.2) is 4.98 Å². The number of aromatic nitrogens is 3. The van der Waals surface area contributed by atoms with Crippen molar-refractivity contribution in [1.29, 1.82) is 0 Å². The zero-order chi connectivity index (χ0) is 10.1. The highest BCUT2D eigenvalue weighted by Crippen LogP contribution is 2.38. The first-order chi connectivity index (χ1) is 6.70. The first-order valence-corrected chi connectivity index (χ1v) is 5.30. The fourth-order valence-electron chi connectivity index (χ4n) is 1.53. The van der Waals surface area contributed by atoms with Gasteiger partial charge < -0.3 is 5.73 Å². The van der Waals surface area contributed by atoms with Gasteiger partial charge in [-0.1, -0.05) is 6.92 Å². The van der Waals surface area contributed by atoms with Gasteiger partial charge in [-0.2, -0.15) is 5.10 Å². The fourth-order valence-corrected chi connectivity index (χ4v) is 1.53. The maximum absolute atomic E-state index is 5.59. The summed E-state index contributed by atoms with van der Waals surface area (Å²) >= 11 is 0. The molecular weight excluding hydrogens is 176 g/mol. The van der Waals surface area contributed by atoms with Crippen LogP contribution in [0.2, 0.25) is 0 Å². The molecule has 1 aromatic rings. The summed E-state index contributed by atoms with van der Waals surface area (Å²) in [5.41, 5.74) is 5.59. The molecule has 1 aliphatic rings. The molecule has 0 amide bonds. The Morgan fingerprint density at radius 3 is 2.86 bits per heavy atom. The lowest BCUT2D eigenvalue weighted by atomic mass is 10.1. The van der Waals surface area contributed by atoms with E-state index in [1.807, 2.05) is 11.7 Å². The molecule has 0 radical (unpaired) electrons. The molecule has 1 aliphatic carbocycles. The number of rotatable bonds is 4. The van der Waals surface area contributed by atoms with Crippen LogP contribution in [0.5, 0.6) is 0 Å². The van der Waals surface area contributed by atoms with Crippen molar-refractivity contribution >= 4 is 0 Å². The molecule has 78 valence electrons. The fraction of sp³-hybridized carbons (Fsp3) is 0.800. The van der Waals surface area contributed by atoms with Gasteiger partial charge >= 0.3 is 0 Å². The third kappa shape index (κ3) is 1.95. The van der Waals surface area contributed by atoms with Gasteiger partial charge in [-0.05, 0) is 25.3 Å². The van der Waals surface area contributed by atoms with Gasteiger partial charge in [0.15, 0.2) is 5.82 Å². The first kappa shape index (κ1) is 9.65. The number of nitrogens with zero attached hydrogens (tertiary/aromatic N) is 3. The van der Waals surface area contributed by atoms with E-state index in [9.17, 15) is 0 Å². The predicted octanol–water partition coefficient (Wildman–Crippen LogP) is 0.830. The van der Waals surface area contributed by atoms with Crippen LogP contribution in [-0.4, -0.2) is 21.3 Å². The first-order valence-electron chi connectivity index (χ1n) is 5.30. The van der Waals surface area contributed by atoms with Crippen LogP contribution in [0.3, 0.4) is 0 Å². The molecule has 1 heterocycles. The van der Waals surface area contributed by atoms with Gasteiger partial charge in [0.2, 0.25) is 0 Å². The topological polar surface area (TPSA) is 56.7 Å². The van der Waals surface area contributed by atoms with Gasteiger partial charge in [-0.3, -0.25) is 4.68 Å². The quantitative estimate of drug-likeness (QED) is 0.772. The molecule has 14 heavy (non-hydrogen) atoms. The second-order valence-corrected chi connectivity index (χ2v) is 4.33. The Labute approximate surface area is 84.5 Å². The lowest BCUT2D eigenvalue weighted by Crippen LogP contribution is -2.15. The lowest BCUT2D eigenvalue weighted by Gasteiger charge is -2.05. The number of nitrogens with two attached hydrogens (primary N) is 1. The maximum Gasteiger partial charge on any atom is 0.154 e. The normalized spacial score (nSPS) is 18.5. The van der Waals surface area contributed by atoms with Crippen LogP contribution in [0, 0.1) is 5.92 Å². The Morgan fingerprint density at radius 1 is 1.57 bits per heavy atom. The second kappa shape index (κ2) is 3.69. The van der Waals surface area contributed by atoms with Gasteiger partial charge in [-0.15, -0.1) is 0 Å². The van der Waals surface area contributed by atoms with E-state index in [0.717, 1.165) is 18.1 Å². The van der Waals surface area contributed by atoms with Crippen LogP contribution in [0.25, 0.3) is 0 Å². The number of aryl methyl sites for hydroxylation is 1. The van der Waals surface area contributed by atoms with Crippen LogP contribution >= 0.6 is 0 Å². The minimum Gasteiger partial charge on any atom is -0.330 e. The molecule has 2 rings (SSSR count). The summed E-state index contributed by atoms with van der Waals surface area (Å²) in [7, 11) is 1.97. The second-order valence-electron chi connectivity index (χ2n) is 4.33. The van der Waals surface area contributed by atoms with Gasteiger partial charge in [0.1, 0.15) is 5.82 Å². The summed E-state index contributed by atoms with van der Waals surface area (Å²) in [4.78, 5) is 4.56. The Kier molecular flexibility index (Phi) is 2.54. The van der Waals surface area contributed by atoms with E-state index in [-0.39, 0.29) is 0 Å². The van der Waals surface area contributed by atoms with Crippen molar-refractivity contribution in [2.45, 2.75) is 32.1 Å². The van der Waals surface area contributed by atoms with E-state index < -0.39 is 0 Å². The third-order valence-electron chi connectivity index (χ3n) is 2.75. The van der Waals surface area contributed by atoms with E-state index in [1.165, 1.54) is 12.8 Å². The van der Waals surface area contributed by atoms with Gasteiger partial charge in [0, 0.05) is 19.4 Å². The summed E-state index contributed by atoms with van der Waals surface area (Å²) in [6.07, 6.45) is 3.46. The average molecular weight is 194 g/mol. The standard InChI is InChI=1S/C10H18N4/c1-7(6-11)5-9-12-10(8-3-4-8)13-14(9)2/h7-8H,3-6,11H2,1-2H3. The van der Waals surface area contributed by atoms with Crippen molar-refractivity contribution in [2.75, 3.05) is 6.54 Å². The summed E-state index contributed by atoms with van der Waals surface area (Å²) in [6, 6.07) is 0. The van der Waals surface area contributed by atoms with E-state index >= 15 is 0 Å². The molecule has 0 spiro atoms. The molecule has 1 aromatic heterocycles. The highest BCUT2D eigenvalue weighted by atomic mass is 15.3. The Morgan fingerprint density at radius 2 is 2.29 bits per heavy atom. The zero-order valence-corrected chi connectivity index (χ0v) is 8.90. The van der Waals surface area contributed by atoms with E-state index in [2.05, 4.69) is 17.0 Å². The highest BCUT2D eigenvalue weighted by Gasteiger charge is 2.28. The molecule has 0 aromatic carbocycles. The Hall–Kier alpha value is -0.900. The number of hydrogen-bond acceptors (Lipinski definition) is 3. The third-order valence-corrected chi connectivity index (χ3v) is 2.75. The molecule has 4 nitrogen and oxygen atoms in total. The molecule has 2 N–H and O–H groups in total. The van der Waals surface area contributed by atoms with E-state index in [1.54, 1.807) is 0 Å². The molecule has 4 heteroatoms. The Bertz CT molecular complexity index is 314. The van der Waals surface area contributed by atoms with Crippen molar-refractivity contribution in [3.05, 3.63) is 11.6 Å². The highest BCUT2D eigenvalue weighted by molar-refractivity contribution is 5.06. The molecule has 1 unspecified atom stereocenters. The van der Waals surface area contributed by atoms with Crippen LogP contribution in [0.1, 0.15) is 37.3 Å². The van der Waals surface area contributed by atoms with Crippen molar-refractivity contribution in [3.63, 3.8) is 0 Å². The molecule has 0 saturated heterocycles. The molecule has 1 saturated carbocycles. The van der Waals surface area contributed by atoms with Gasteiger partial charge in [0.05, 0.1) is 0 Å². The van der Waals surface area contributed by atoms with Crippen molar-refractivity contribution in [2.24, 2.45) is 18.7 Å². The average Bonchev–Trinajstić information content (AvgIpc) is 2.94. The maximum atomic E-state index is 5.59. The molecule has 0 bridgehead atoms. The minimum atomic E-state index is 0.491.